The Morgan fingerprint density at radius 3 is 2.54 bits per heavy atom. The van der Waals surface area contributed by atoms with Crippen molar-refractivity contribution in [1.29, 1.82) is 5.41 Å². The predicted molar refractivity (Wildman–Crippen MR) is 146 cm³/mol. The Hall–Kier alpha value is -1.51. The van der Waals surface area contributed by atoms with Crippen molar-refractivity contribution in [1.82, 2.24) is 15.1 Å². The van der Waals surface area contributed by atoms with Crippen LogP contribution in [0.4, 0.5) is 8.78 Å². The fourth-order valence-corrected chi connectivity index (χ4v) is 5.95. The summed E-state index contributed by atoms with van der Waals surface area (Å²) in [6.45, 7) is 9.52. The van der Waals surface area contributed by atoms with E-state index in [9.17, 15) is 19.3 Å². The summed E-state index contributed by atoms with van der Waals surface area (Å²) in [5.74, 6) is 1.03. The van der Waals surface area contributed by atoms with Gasteiger partial charge in [0, 0.05) is 62.6 Å². The largest absolute Gasteiger partial charge is 0.385 e. The second-order valence-electron chi connectivity index (χ2n) is 11.1. The van der Waals surface area contributed by atoms with Gasteiger partial charge in [-0.25, -0.2) is 8.78 Å². The van der Waals surface area contributed by atoms with Gasteiger partial charge in [0.15, 0.2) is 0 Å². The van der Waals surface area contributed by atoms with Crippen molar-refractivity contribution < 1.29 is 18.6 Å². The standard InChI is InChI=1S/C29H50F2N4O2/c1-4-22(5-2)9-8-10-23(28(30)31)19-25-11-6-7-15-35(25)29(32)26-20-34(21(3)36)16-12-27(26)33-24-13-17-37-18-14-24/h19,21-22,24-25,28,32-33,36H,4-18,20H2,1-3H3/b23-19+,32-29?. The minimum absolute atomic E-state index is 0.183. The number of nitrogens with zero attached hydrogens (tertiary/aromatic N) is 2. The minimum Gasteiger partial charge on any atom is -0.385 e. The minimum atomic E-state index is -2.45. The van der Waals surface area contributed by atoms with Crippen molar-refractivity contribution >= 4 is 5.84 Å². The quantitative estimate of drug-likeness (QED) is 0.174. The van der Waals surface area contributed by atoms with E-state index >= 15 is 0 Å². The van der Waals surface area contributed by atoms with Gasteiger partial charge in [-0.15, -0.1) is 0 Å². The SMILES string of the molecule is CCC(CC)CCC/C(=C\C1CCCCN1C(=N)C1=C(NC2CCOCC2)CCN(C(C)O)C1)C(F)F. The second-order valence-corrected chi connectivity index (χ2v) is 11.1. The van der Waals surface area contributed by atoms with Gasteiger partial charge >= 0.3 is 0 Å². The van der Waals surface area contributed by atoms with E-state index in [4.69, 9.17) is 4.74 Å². The molecular weight excluding hydrogens is 474 g/mol. The molecule has 0 spiro atoms. The van der Waals surface area contributed by atoms with E-state index in [2.05, 4.69) is 19.2 Å². The topological polar surface area (TPSA) is 71.8 Å². The molecule has 0 bridgehead atoms. The molecule has 3 aliphatic rings. The first-order valence-corrected chi connectivity index (χ1v) is 14.7. The molecule has 2 atom stereocenters. The summed E-state index contributed by atoms with van der Waals surface area (Å²) in [6, 6.07) is 0.138. The van der Waals surface area contributed by atoms with Gasteiger partial charge in [-0.1, -0.05) is 39.2 Å². The smallest absolute Gasteiger partial charge is 0.259 e. The monoisotopic (exact) mass is 524 g/mol. The summed E-state index contributed by atoms with van der Waals surface area (Å²) in [4.78, 5) is 4.02. The molecule has 2 saturated heterocycles. The zero-order valence-corrected chi connectivity index (χ0v) is 23.3. The molecule has 37 heavy (non-hydrogen) atoms. The number of aliphatic hydroxyl groups excluding tert-OH is 1. The van der Waals surface area contributed by atoms with Crippen LogP contribution < -0.4 is 5.32 Å². The highest BCUT2D eigenvalue weighted by molar-refractivity contribution is 5.97. The van der Waals surface area contributed by atoms with Crippen LogP contribution in [-0.4, -0.2) is 78.3 Å². The number of rotatable bonds is 12. The van der Waals surface area contributed by atoms with Crippen LogP contribution in [0.15, 0.2) is 22.9 Å². The van der Waals surface area contributed by atoms with E-state index in [1.807, 2.05) is 9.80 Å². The Labute approximate surface area is 223 Å². The van der Waals surface area contributed by atoms with Crippen LogP contribution in [-0.2, 0) is 4.74 Å². The predicted octanol–water partition coefficient (Wildman–Crippen LogP) is 5.68. The lowest BCUT2D eigenvalue weighted by Gasteiger charge is -2.41. The molecule has 3 aliphatic heterocycles. The third-order valence-electron chi connectivity index (χ3n) is 8.54. The van der Waals surface area contributed by atoms with Gasteiger partial charge in [-0.05, 0) is 63.4 Å². The first-order chi connectivity index (χ1) is 17.8. The number of halogens is 2. The Kier molecular flexibility index (Phi) is 12.3. The maximum Gasteiger partial charge on any atom is 0.259 e. The second kappa shape index (κ2) is 15.2. The molecule has 0 aromatic carbocycles. The average molecular weight is 525 g/mol. The molecule has 0 saturated carbocycles. The number of amidine groups is 1. The fourth-order valence-electron chi connectivity index (χ4n) is 5.95. The number of hydrogen-bond donors (Lipinski definition) is 3. The van der Waals surface area contributed by atoms with E-state index in [-0.39, 0.29) is 11.6 Å². The zero-order chi connectivity index (χ0) is 26.8. The summed E-state index contributed by atoms with van der Waals surface area (Å²) < 4.78 is 33.7. The first-order valence-electron chi connectivity index (χ1n) is 14.7. The molecule has 0 aromatic rings. The van der Waals surface area contributed by atoms with Gasteiger partial charge in [0.1, 0.15) is 12.1 Å². The van der Waals surface area contributed by atoms with E-state index in [1.165, 1.54) is 0 Å². The fraction of sp³-hybridized carbons (Fsp3) is 0.828. The Bertz CT molecular complexity index is 776. The summed E-state index contributed by atoms with van der Waals surface area (Å²) >= 11 is 0. The molecule has 2 unspecified atom stereocenters. The first kappa shape index (κ1) is 30.0. The molecule has 212 valence electrons. The van der Waals surface area contributed by atoms with Crippen LogP contribution in [0.25, 0.3) is 0 Å². The number of ether oxygens (including phenoxy) is 1. The maximum absolute atomic E-state index is 14.1. The number of piperidine rings is 1. The van der Waals surface area contributed by atoms with Gasteiger partial charge in [-0.2, -0.15) is 0 Å². The van der Waals surface area contributed by atoms with Crippen LogP contribution >= 0.6 is 0 Å². The molecule has 3 N–H and O–H groups in total. The lowest BCUT2D eigenvalue weighted by atomic mass is 9.93. The van der Waals surface area contributed by atoms with Crippen LogP contribution in [0.5, 0.6) is 0 Å². The molecule has 0 amide bonds. The normalized spacial score (nSPS) is 23.7. The van der Waals surface area contributed by atoms with Crippen LogP contribution in [0.1, 0.15) is 91.4 Å². The highest BCUT2D eigenvalue weighted by Gasteiger charge is 2.32. The van der Waals surface area contributed by atoms with Gasteiger partial charge in [0.05, 0.1) is 0 Å². The highest BCUT2D eigenvalue weighted by atomic mass is 19.3. The lowest BCUT2D eigenvalue weighted by Crippen LogP contribution is -2.49. The van der Waals surface area contributed by atoms with Gasteiger partial charge < -0.3 is 20.1 Å². The molecule has 8 heteroatoms. The maximum atomic E-state index is 14.1. The van der Waals surface area contributed by atoms with Crippen molar-refractivity contribution in [2.75, 3.05) is 32.8 Å². The number of hydrogen-bond acceptors (Lipinski definition) is 5. The van der Waals surface area contributed by atoms with Gasteiger partial charge in [-0.3, -0.25) is 10.3 Å². The van der Waals surface area contributed by atoms with Crippen LogP contribution in [0.2, 0.25) is 0 Å². The van der Waals surface area contributed by atoms with Crippen molar-refractivity contribution in [2.45, 2.75) is 116 Å². The van der Waals surface area contributed by atoms with E-state index in [0.717, 1.165) is 95.2 Å². The Morgan fingerprint density at radius 2 is 1.89 bits per heavy atom. The zero-order valence-electron chi connectivity index (χ0n) is 23.3. The molecule has 2 fully saturated rings. The van der Waals surface area contributed by atoms with Crippen molar-refractivity contribution in [3.8, 4) is 0 Å². The van der Waals surface area contributed by atoms with Crippen molar-refractivity contribution in [3.05, 3.63) is 22.9 Å². The lowest BCUT2D eigenvalue weighted by molar-refractivity contribution is 0.0220. The highest BCUT2D eigenvalue weighted by Crippen LogP contribution is 2.29. The van der Waals surface area contributed by atoms with Crippen LogP contribution in [0, 0.1) is 11.3 Å². The van der Waals surface area contributed by atoms with E-state index in [1.54, 1.807) is 13.0 Å². The molecular formula is C29H50F2N4O2. The Morgan fingerprint density at radius 1 is 1.16 bits per heavy atom. The Balaban J connectivity index is 1.80. The van der Waals surface area contributed by atoms with E-state index in [0.29, 0.717) is 37.3 Å². The summed E-state index contributed by atoms with van der Waals surface area (Å²) in [6.07, 6.45) is 8.51. The van der Waals surface area contributed by atoms with E-state index < -0.39 is 12.7 Å². The molecule has 0 aromatic heterocycles. The van der Waals surface area contributed by atoms with Crippen molar-refractivity contribution in [2.24, 2.45) is 5.92 Å². The summed E-state index contributed by atoms with van der Waals surface area (Å²) in [7, 11) is 0. The van der Waals surface area contributed by atoms with Gasteiger partial charge in [0.2, 0.25) is 0 Å². The third kappa shape index (κ3) is 8.75. The van der Waals surface area contributed by atoms with Crippen LogP contribution in [0.3, 0.4) is 0 Å². The number of likely N-dealkylation sites (tertiary alicyclic amines) is 1. The third-order valence-corrected chi connectivity index (χ3v) is 8.54. The number of allylic oxidation sites excluding steroid dienone is 1. The molecule has 3 heterocycles. The van der Waals surface area contributed by atoms with Crippen molar-refractivity contribution in [3.63, 3.8) is 0 Å². The molecule has 0 radical (unpaired) electrons. The molecule has 6 nitrogen and oxygen atoms in total. The summed E-state index contributed by atoms with van der Waals surface area (Å²) in [5, 5.41) is 23.2. The summed E-state index contributed by atoms with van der Waals surface area (Å²) in [5.41, 5.74) is 2.20. The average Bonchev–Trinajstić information content (AvgIpc) is 2.91. The molecule has 0 aliphatic carbocycles. The number of alkyl halides is 2. The number of nitrogens with one attached hydrogen (secondary N) is 2. The van der Waals surface area contributed by atoms with Gasteiger partial charge in [0.25, 0.3) is 6.43 Å². The number of aliphatic hydroxyl groups is 1. The molecule has 3 rings (SSSR count).